The van der Waals surface area contributed by atoms with Crippen molar-refractivity contribution in [3.8, 4) is 0 Å². The van der Waals surface area contributed by atoms with Gasteiger partial charge in [0.05, 0.1) is 12.1 Å². The molecule has 0 radical (unpaired) electrons. The highest BCUT2D eigenvalue weighted by molar-refractivity contribution is 5.31. The highest BCUT2D eigenvalue weighted by Crippen LogP contribution is 2.38. The van der Waals surface area contributed by atoms with Gasteiger partial charge in [0, 0.05) is 13.5 Å². The topological polar surface area (TPSA) is 81.1 Å². The number of hydrogen-bond acceptors (Lipinski definition) is 7. The van der Waals surface area contributed by atoms with Crippen LogP contribution in [0, 0.1) is 13.8 Å². The van der Waals surface area contributed by atoms with Crippen LogP contribution in [0.3, 0.4) is 0 Å². The molecule has 1 aliphatic heterocycles. The van der Waals surface area contributed by atoms with Crippen molar-refractivity contribution in [3.63, 3.8) is 0 Å². The van der Waals surface area contributed by atoms with E-state index in [1.807, 2.05) is 13.8 Å². The Hall–Kier alpha value is -2.54. The maximum Gasteiger partial charge on any atom is 0.243 e. The summed E-state index contributed by atoms with van der Waals surface area (Å²) in [6.45, 7) is 6.47. The van der Waals surface area contributed by atoms with E-state index in [9.17, 15) is 0 Å². The van der Waals surface area contributed by atoms with E-state index in [2.05, 4.69) is 56.4 Å². The molecule has 24 heavy (non-hydrogen) atoms. The number of hydrogen-bond donors (Lipinski definition) is 0. The molecule has 1 aromatic carbocycles. The first-order valence-electron chi connectivity index (χ1n) is 8.04. The SMILES string of the molecule is Cc1noc([C@@H](C)N2Cc3ccccc3C[C@H]2c2nnc(C)o2)n1. The van der Waals surface area contributed by atoms with Gasteiger partial charge in [-0.25, -0.2) is 0 Å². The van der Waals surface area contributed by atoms with Crippen LogP contribution in [0.1, 0.15) is 53.6 Å². The van der Waals surface area contributed by atoms with Crippen molar-refractivity contribution in [1.82, 2.24) is 25.2 Å². The highest BCUT2D eigenvalue weighted by Gasteiger charge is 2.36. The summed E-state index contributed by atoms with van der Waals surface area (Å²) < 4.78 is 11.1. The molecule has 3 aromatic rings. The van der Waals surface area contributed by atoms with Gasteiger partial charge in [-0.2, -0.15) is 4.98 Å². The Morgan fingerprint density at radius 2 is 1.96 bits per heavy atom. The molecule has 2 aromatic heterocycles. The molecule has 7 heteroatoms. The molecule has 4 rings (SSSR count). The van der Waals surface area contributed by atoms with Gasteiger partial charge in [-0.3, -0.25) is 4.90 Å². The molecule has 0 unspecified atom stereocenters. The van der Waals surface area contributed by atoms with Crippen molar-refractivity contribution in [2.75, 3.05) is 0 Å². The van der Waals surface area contributed by atoms with E-state index in [1.165, 1.54) is 11.1 Å². The average molecular weight is 325 g/mol. The van der Waals surface area contributed by atoms with Gasteiger partial charge in [-0.15, -0.1) is 10.2 Å². The minimum Gasteiger partial charge on any atom is -0.424 e. The number of benzene rings is 1. The van der Waals surface area contributed by atoms with Crippen LogP contribution >= 0.6 is 0 Å². The van der Waals surface area contributed by atoms with Crippen LogP contribution in [0.5, 0.6) is 0 Å². The third-order valence-electron chi connectivity index (χ3n) is 4.51. The molecule has 124 valence electrons. The molecule has 0 fully saturated rings. The van der Waals surface area contributed by atoms with Crippen molar-refractivity contribution < 1.29 is 8.94 Å². The summed E-state index contributed by atoms with van der Waals surface area (Å²) in [5, 5.41) is 12.2. The largest absolute Gasteiger partial charge is 0.424 e. The van der Waals surface area contributed by atoms with E-state index < -0.39 is 0 Å². The van der Waals surface area contributed by atoms with Gasteiger partial charge in [0.2, 0.25) is 17.7 Å². The Morgan fingerprint density at radius 1 is 1.17 bits per heavy atom. The predicted octanol–water partition coefficient (Wildman–Crippen LogP) is 2.93. The van der Waals surface area contributed by atoms with Gasteiger partial charge < -0.3 is 8.94 Å². The lowest BCUT2D eigenvalue weighted by molar-refractivity contribution is 0.0811. The maximum atomic E-state index is 5.73. The third kappa shape index (κ3) is 2.60. The fourth-order valence-electron chi connectivity index (χ4n) is 3.25. The fraction of sp³-hybridized carbons (Fsp3) is 0.412. The van der Waals surface area contributed by atoms with Crippen molar-refractivity contribution >= 4 is 0 Å². The van der Waals surface area contributed by atoms with Crippen molar-refractivity contribution in [2.45, 2.75) is 45.8 Å². The van der Waals surface area contributed by atoms with Crippen LogP contribution in [0.2, 0.25) is 0 Å². The summed E-state index contributed by atoms with van der Waals surface area (Å²) in [7, 11) is 0. The lowest BCUT2D eigenvalue weighted by Crippen LogP contribution is -2.36. The molecule has 0 bridgehead atoms. The number of fused-ring (bicyclic) bond motifs is 1. The lowest BCUT2D eigenvalue weighted by atomic mass is 9.92. The van der Waals surface area contributed by atoms with Crippen LogP contribution in [-0.4, -0.2) is 25.2 Å². The van der Waals surface area contributed by atoms with Crippen molar-refractivity contribution in [2.24, 2.45) is 0 Å². The van der Waals surface area contributed by atoms with E-state index in [0.717, 1.165) is 13.0 Å². The predicted molar refractivity (Wildman–Crippen MR) is 84.9 cm³/mol. The smallest absolute Gasteiger partial charge is 0.243 e. The van der Waals surface area contributed by atoms with E-state index in [4.69, 9.17) is 8.94 Å². The molecule has 3 heterocycles. The Balaban J connectivity index is 1.73. The molecule has 0 saturated carbocycles. The van der Waals surface area contributed by atoms with Crippen LogP contribution in [0.4, 0.5) is 0 Å². The second-order valence-corrected chi connectivity index (χ2v) is 6.18. The zero-order valence-electron chi connectivity index (χ0n) is 13.9. The quantitative estimate of drug-likeness (QED) is 0.732. The second-order valence-electron chi connectivity index (χ2n) is 6.18. The first-order valence-corrected chi connectivity index (χ1v) is 8.04. The number of aromatic nitrogens is 4. The molecule has 0 N–H and O–H groups in total. The normalized spacial score (nSPS) is 19.2. The summed E-state index contributed by atoms with van der Waals surface area (Å²) in [6, 6.07) is 8.39. The van der Waals surface area contributed by atoms with Gasteiger partial charge in [-0.1, -0.05) is 29.4 Å². The van der Waals surface area contributed by atoms with Gasteiger partial charge in [0.25, 0.3) is 0 Å². The first-order chi connectivity index (χ1) is 11.6. The van der Waals surface area contributed by atoms with Crippen molar-refractivity contribution in [1.29, 1.82) is 0 Å². The minimum atomic E-state index is -0.0447. The third-order valence-corrected chi connectivity index (χ3v) is 4.51. The molecule has 7 nitrogen and oxygen atoms in total. The van der Waals surface area contributed by atoms with Gasteiger partial charge >= 0.3 is 0 Å². The Labute approximate surface area is 139 Å². The zero-order chi connectivity index (χ0) is 16.7. The number of nitrogens with zero attached hydrogens (tertiary/aromatic N) is 5. The van der Waals surface area contributed by atoms with Gasteiger partial charge in [0.15, 0.2) is 5.82 Å². The zero-order valence-corrected chi connectivity index (χ0v) is 13.9. The lowest BCUT2D eigenvalue weighted by Gasteiger charge is -2.37. The summed E-state index contributed by atoms with van der Waals surface area (Å²) in [4.78, 5) is 6.67. The van der Waals surface area contributed by atoms with Crippen LogP contribution in [-0.2, 0) is 13.0 Å². The van der Waals surface area contributed by atoms with E-state index in [-0.39, 0.29) is 12.1 Å². The molecule has 0 spiro atoms. The highest BCUT2D eigenvalue weighted by atomic mass is 16.5. The van der Waals surface area contributed by atoms with Gasteiger partial charge in [0.1, 0.15) is 0 Å². The Morgan fingerprint density at radius 3 is 2.62 bits per heavy atom. The molecular formula is C17H19N5O2. The Kier molecular flexibility index (Phi) is 3.65. The van der Waals surface area contributed by atoms with Crippen LogP contribution in [0.25, 0.3) is 0 Å². The Bertz CT molecular complexity index is 856. The summed E-state index contributed by atoms with van der Waals surface area (Å²) in [5.74, 6) is 2.45. The van der Waals surface area contributed by atoms with Crippen molar-refractivity contribution in [3.05, 3.63) is 58.9 Å². The molecule has 2 atom stereocenters. The summed E-state index contributed by atoms with van der Waals surface area (Å²) in [6.07, 6.45) is 0.815. The maximum absolute atomic E-state index is 5.73. The molecule has 0 aliphatic carbocycles. The molecule has 0 amide bonds. The molecule has 0 saturated heterocycles. The second kappa shape index (κ2) is 5.83. The number of rotatable bonds is 3. The minimum absolute atomic E-state index is 0.0108. The van der Waals surface area contributed by atoms with E-state index >= 15 is 0 Å². The van der Waals surface area contributed by atoms with Crippen LogP contribution in [0.15, 0.2) is 33.2 Å². The molecule has 1 aliphatic rings. The fourth-order valence-corrected chi connectivity index (χ4v) is 3.25. The van der Waals surface area contributed by atoms with Gasteiger partial charge in [-0.05, 0) is 31.4 Å². The standard InChI is InChI=1S/C17H19N5O2/c1-10(16-18-11(2)21-24-16)22-9-14-7-5-4-6-13(14)8-15(22)17-20-19-12(3)23-17/h4-7,10,15H,8-9H2,1-3H3/t10-,15+/m1/s1. The first kappa shape index (κ1) is 15.0. The summed E-state index contributed by atoms with van der Waals surface area (Å²) >= 11 is 0. The summed E-state index contributed by atoms with van der Waals surface area (Å²) in [5.41, 5.74) is 2.61. The average Bonchev–Trinajstić information content (AvgIpc) is 3.21. The van der Waals surface area contributed by atoms with Crippen LogP contribution < -0.4 is 0 Å². The van der Waals surface area contributed by atoms with E-state index in [1.54, 1.807) is 0 Å². The molecular weight excluding hydrogens is 306 g/mol. The van der Waals surface area contributed by atoms with E-state index in [0.29, 0.717) is 23.5 Å². The number of aryl methyl sites for hydroxylation is 2. The monoisotopic (exact) mass is 325 g/mol.